The third kappa shape index (κ3) is 8.66. The predicted molar refractivity (Wildman–Crippen MR) is 146 cm³/mol. The van der Waals surface area contributed by atoms with E-state index in [1.807, 2.05) is 50.2 Å². The highest BCUT2D eigenvalue weighted by Gasteiger charge is 2.26. The van der Waals surface area contributed by atoms with Crippen LogP contribution < -0.4 is 9.62 Å². The van der Waals surface area contributed by atoms with Gasteiger partial charge in [0.1, 0.15) is 6.04 Å². The topological polar surface area (TPSA) is 86.8 Å². The summed E-state index contributed by atoms with van der Waals surface area (Å²) in [6.45, 7) is 8.91. The fraction of sp³-hybridized carbons (Fsp3) is 0.500. The molecule has 0 radical (unpaired) electrons. The van der Waals surface area contributed by atoms with Crippen LogP contribution in [0.25, 0.3) is 0 Å². The number of nitrogens with zero attached hydrogens (tertiary/aromatic N) is 2. The normalized spacial score (nSPS) is 12.1. The number of unbranched alkanes of at least 4 members (excludes halogenated alkanes) is 1. The lowest BCUT2D eigenvalue weighted by Gasteiger charge is -2.30. The molecule has 7 nitrogen and oxygen atoms in total. The molecule has 1 N–H and O–H groups in total. The van der Waals surface area contributed by atoms with Gasteiger partial charge >= 0.3 is 0 Å². The van der Waals surface area contributed by atoms with Gasteiger partial charge in [0, 0.05) is 26.1 Å². The van der Waals surface area contributed by atoms with Crippen LogP contribution in [0.3, 0.4) is 0 Å². The first-order valence-corrected chi connectivity index (χ1v) is 14.6. The molecule has 198 valence electrons. The van der Waals surface area contributed by atoms with Gasteiger partial charge in [-0.05, 0) is 61.9 Å². The average Bonchev–Trinajstić information content (AvgIpc) is 2.85. The third-order valence-corrected chi connectivity index (χ3v) is 7.58. The van der Waals surface area contributed by atoms with Gasteiger partial charge in [0.25, 0.3) is 0 Å². The van der Waals surface area contributed by atoms with Crippen molar-refractivity contribution in [2.45, 2.75) is 72.4 Å². The maximum absolute atomic E-state index is 13.4. The fourth-order valence-electron chi connectivity index (χ4n) is 3.99. The van der Waals surface area contributed by atoms with Gasteiger partial charge in [0.2, 0.25) is 21.8 Å². The van der Waals surface area contributed by atoms with Crippen molar-refractivity contribution in [3.8, 4) is 0 Å². The van der Waals surface area contributed by atoms with Crippen LogP contribution in [0, 0.1) is 6.92 Å². The molecule has 36 heavy (non-hydrogen) atoms. The molecule has 0 saturated carbocycles. The van der Waals surface area contributed by atoms with E-state index in [4.69, 9.17) is 0 Å². The highest BCUT2D eigenvalue weighted by molar-refractivity contribution is 7.92. The molecule has 0 spiro atoms. The second-order valence-electron chi connectivity index (χ2n) is 9.23. The van der Waals surface area contributed by atoms with Crippen LogP contribution in [0.1, 0.15) is 63.1 Å². The maximum Gasteiger partial charge on any atom is 0.242 e. The molecule has 2 aromatic rings. The molecule has 2 aromatic carbocycles. The monoisotopic (exact) mass is 515 g/mol. The molecule has 0 unspecified atom stereocenters. The lowest BCUT2D eigenvalue weighted by Crippen LogP contribution is -2.48. The van der Waals surface area contributed by atoms with Crippen LogP contribution in [-0.4, -0.2) is 50.5 Å². The Morgan fingerprint density at radius 1 is 1.00 bits per heavy atom. The first kappa shape index (κ1) is 29.4. The maximum atomic E-state index is 13.4. The fourth-order valence-corrected chi connectivity index (χ4v) is 4.96. The standard InChI is InChI=1S/C28H41N3O4S/c1-6-8-19-29-28(33)23(4)30(21-25-13-10-9-12-22(25)3)27(32)14-11-20-31(36(5,34)35)26-17-15-24(7-2)16-18-26/h9-10,12-13,15-18,23H,6-8,11,14,19-21H2,1-5H3,(H,29,33)/t23-/m1/s1. The summed E-state index contributed by atoms with van der Waals surface area (Å²) >= 11 is 0. The number of carbonyl (C=O) groups is 2. The number of amides is 2. The Kier molecular flexibility index (Phi) is 11.4. The molecule has 0 heterocycles. The first-order valence-electron chi connectivity index (χ1n) is 12.8. The smallest absolute Gasteiger partial charge is 0.242 e. The number of carbonyl (C=O) groups excluding carboxylic acids is 2. The van der Waals surface area contributed by atoms with Crippen molar-refractivity contribution in [2.24, 2.45) is 0 Å². The van der Waals surface area contributed by atoms with E-state index >= 15 is 0 Å². The number of rotatable bonds is 14. The Hall–Kier alpha value is -2.87. The number of anilines is 1. The largest absolute Gasteiger partial charge is 0.354 e. The van der Waals surface area contributed by atoms with Gasteiger partial charge in [0.15, 0.2) is 0 Å². The van der Waals surface area contributed by atoms with Crippen molar-refractivity contribution in [1.82, 2.24) is 10.2 Å². The molecule has 0 aliphatic heterocycles. The molecule has 0 saturated heterocycles. The van der Waals surface area contributed by atoms with E-state index in [-0.39, 0.29) is 24.8 Å². The Morgan fingerprint density at radius 2 is 1.67 bits per heavy atom. The second-order valence-corrected chi connectivity index (χ2v) is 11.1. The van der Waals surface area contributed by atoms with Crippen molar-refractivity contribution >= 4 is 27.5 Å². The van der Waals surface area contributed by atoms with Gasteiger partial charge in [-0.25, -0.2) is 8.42 Å². The summed E-state index contributed by atoms with van der Waals surface area (Å²) < 4.78 is 26.3. The summed E-state index contributed by atoms with van der Waals surface area (Å²) in [7, 11) is -3.51. The van der Waals surface area contributed by atoms with Crippen molar-refractivity contribution in [3.05, 3.63) is 65.2 Å². The number of sulfonamides is 1. The summed E-state index contributed by atoms with van der Waals surface area (Å²) in [5.74, 6) is -0.356. The Bertz CT molecular complexity index is 1100. The molecule has 2 amide bonds. The van der Waals surface area contributed by atoms with E-state index in [2.05, 4.69) is 12.2 Å². The zero-order valence-electron chi connectivity index (χ0n) is 22.3. The van der Waals surface area contributed by atoms with Gasteiger partial charge in [-0.1, -0.05) is 56.7 Å². The van der Waals surface area contributed by atoms with Gasteiger partial charge < -0.3 is 10.2 Å². The van der Waals surface area contributed by atoms with Gasteiger partial charge in [0.05, 0.1) is 11.9 Å². The molecular formula is C28H41N3O4S. The summed E-state index contributed by atoms with van der Waals surface area (Å²) in [5.41, 5.74) is 3.74. The quantitative estimate of drug-likeness (QED) is 0.377. The summed E-state index contributed by atoms with van der Waals surface area (Å²) in [6, 6.07) is 14.6. The highest BCUT2D eigenvalue weighted by Crippen LogP contribution is 2.20. The van der Waals surface area contributed by atoms with Crippen molar-refractivity contribution in [3.63, 3.8) is 0 Å². The molecular weight excluding hydrogens is 474 g/mol. The summed E-state index contributed by atoms with van der Waals surface area (Å²) in [6.07, 6.45) is 4.38. The lowest BCUT2D eigenvalue weighted by molar-refractivity contribution is -0.140. The minimum absolute atomic E-state index is 0.136. The van der Waals surface area contributed by atoms with E-state index in [0.29, 0.717) is 25.2 Å². The number of benzene rings is 2. The molecule has 1 atom stereocenters. The van der Waals surface area contributed by atoms with Crippen molar-refractivity contribution in [2.75, 3.05) is 23.7 Å². The number of hydrogen-bond donors (Lipinski definition) is 1. The van der Waals surface area contributed by atoms with Crippen molar-refractivity contribution < 1.29 is 18.0 Å². The van der Waals surface area contributed by atoms with E-state index in [9.17, 15) is 18.0 Å². The molecule has 8 heteroatoms. The third-order valence-electron chi connectivity index (χ3n) is 6.38. The van der Waals surface area contributed by atoms with Gasteiger partial charge in [-0.15, -0.1) is 0 Å². The minimum atomic E-state index is -3.51. The zero-order chi connectivity index (χ0) is 26.7. The molecule has 0 bridgehead atoms. The van der Waals surface area contributed by atoms with Crippen LogP contribution in [0.5, 0.6) is 0 Å². The van der Waals surface area contributed by atoms with Crippen LogP contribution in [0.15, 0.2) is 48.5 Å². The Morgan fingerprint density at radius 3 is 2.25 bits per heavy atom. The molecule has 0 aliphatic carbocycles. The summed E-state index contributed by atoms with van der Waals surface area (Å²) in [4.78, 5) is 27.8. The Balaban J connectivity index is 2.15. The SMILES string of the molecule is CCCCNC(=O)[C@@H](C)N(Cc1ccccc1C)C(=O)CCCN(c1ccc(CC)cc1)S(C)(=O)=O. The van der Waals surface area contributed by atoms with E-state index < -0.39 is 16.1 Å². The first-order chi connectivity index (χ1) is 17.1. The van der Waals surface area contributed by atoms with E-state index in [0.717, 1.165) is 36.0 Å². The molecule has 0 aliphatic rings. The van der Waals surface area contributed by atoms with E-state index in [1.165, 1.54) is 10.6 Å². The van der Waals surface area contributed by atoms with E-state index in [1.54, 1.807) is 24.0 Å². The predicted octanol–water partition coefficient (Wildman–Crippen LogP) is 4.44. The lowest BCUT2D eigenvalue weighted by atomic mass is 10.1. The molecule has 0 aromatic heterocycles. The summed E-state index contributed by atoms with van der Waals surface area (Å²) in [5, 5.41) is 2.92. The van der Waals surface area contributed by atoms with Crippen molar-refractivity contribution in [1.29, 1.82) is 0 Å². The van der Waals surface area contributed by atoms with Gasteiger partial charge in [-0.2, -0.15) is 0 Å². The molecule has 0 fully saturated rings. The van der Waals surface area contributed by atoms with Crippen LogP contribution >= 0.6 is 0 Å². The average molecular weight is 516 g/mol. The van der Waals surface area contributed by atoms with Crippen LogP contribution in [-0.2, 0) is 32.6 Å². The van der Waals surface area contributed by atoms with Gasteiger partial charge in [-0.3, -0.25) is 13.9 Å². The minimum Gasteiger partial charge on any atom is -0.354 e. The second kappa shape index (κ2) is 14.0. The number of hydrogen-bond acceptors (Lipinski definition) is 4. The number of aryl methyl sites for hydroxylation is 2. The highest BCUT2D eigenvalue weighted by atomic mass is 32.2. The van der Waals surface area contributed by atoms with Crippen LogP contribution in [0.2, 0.25) is 0 Å². The van der Waals surface area contributed by atoms with Crippen LogP contribution in [0.4, 0.5) is 5.69 Å². The Labute approximate surface area is 216 Å². The zero-order valence-corrected chi connectivity index (χ0v) is 23.1. The molecule has 2 rings (SSSR count). The number of nitrogens with one attached hydrogen (secondary N) is 1.